The highest BCUT2D eigenvalue weighted by Gasteiger charge is 2.24. The molecule has 0 aliphatic carbocycles. The Hall–Kier alpha value is -2.61. The van der Waals surface area contributed by atoms with Crippen molar-refractivity contribution in [2.24, 2.45) is 0 Å². The van der Waals surface area contributed by atoms with Crippen molar-refractivity contribution in [1.82, 2.24) is 25.5 Å². The molecule has 0 aromatic carbocycles. The summed E-state index contributed by atoms with van der Waals surface area (Å²) in [7, 11) is 0. The number of hydrazine groups is 1. The molecule has 0 radical (unpaired) electrons. The average molecular weight is 404 g/mol. The summed E-state index contributed by atoms with van der Waals surface area (Å²) in [5.74, 6) is 0.0816. The second-order valence-corrected chi connectivity index (χ2v) is 8.33. The van der Waals surface area contributed by atoms with Crippen LogP contribution in [-0.4, -0.2) is 39.6 Å². The maximum Gasteiger partial charge on any atom is 0.305 e. The zero-order valence-electron chi connectivity index (χ0n) is 18.5. The quantitative estimate of drug-likeness (QED) is 0.692. The predicted molar refractivity (Wildman–Crippen MR) is 112 cm³/mol. The standard InChI is InChI=1S/C21H33N5O3/c1-8-25(9-2)13-15-10-11-18(29-15)20(28)23-22-19(27)16-12-17(14(3)4)26(24-16)21(5,6)7/h10-12,14H,8-9,13H2,1-7H3,(H,22,27)(H,23,28). The van der Waals surface area contributed by atoms with Gasteiger partial charge in [-0.3, -0.25) is 30.0 Å². The third-order valence-corrected chi connectivity index (χ3v) is 4.65. The number of hydrogen-bond acceptors (Lipinski definition) is 5. The second-order valence-electron chi connectivity index (χ2n) is 8.33. The lowest BCUT2D eigenvalue weighted by atomic mass is 10.1. The van der Waals surface area contributed by atoms with Crippen LogP contribution in [0.15, 0.2) is 22.6 Å². The molecule has 2 heterocycles. The van der Waals surface area contributed by atoms with Gasteiger partial charge in [-0.25, -0.2) is 0 Å². The Morgan fingerprint density at radius 1 is 1.14 bits per heavy atom. The summed E-state index contributed by atoms with van der Waals surface area (Å²) in [5, 5.41) is 4.43. The number of nitrogens with one attached hydrogen (secondary N) is 2. The molecule has 0 saturated carbocycles. The fourth-order valence-electron chi connectivity index (χ4n) is 2.95. The van der Waals surface area contributed by atoms with E-state index in [1.165, 1.54) is 0 Å². The van der Waals surface area contributed by atoms with Gasteiger partial charge in [-0.05, 0) is 58.0 Å². The molecule has 2 N–H and O–H groups in total. The Morgan fingerprint density at radius 2 is 1.76 bits per heavy atom. The van der Waals surface area contributed by atoms with E-state index in [0.29, 0.717) is 12.3 Å². The van der Waals surface area contributed by atoms with E-state index in [4.69, 9.17) is 4.42 Å². The summed E-state index contributed by atoms with van der Waals surface area (Å²) >= 11 is 0. The highest BCUT2D eigenvalue weighted by Crippen LogP contribution is 2.23. The number of nitrogens with zero attached hydrogens (tertiary/aromatic N) is 3. The minimum Gasteiger partial charge on any atom is -0.454 e. The first-order valence-electron chi connectivity index (χ1n) is 10.1. The molecule has 8 nitrogen and oxygen atoms in total. The zero-order chi connectivity index (χ0) is 21.8. The van der Waals surface area contributed by atoms with Crippen LogP contribution in [-0.2, 0) is 12.1 Å². The maximum atomic E-state index is 12.5. The van der Waals surface area contributed by atoms with Crippen molar-refractivity contribution in [3.8, 4) is 0 Å². The molecule has 0 unspecified atom stereocenters. The number of hydrogen-bond donors (Lipinski definition) is 2. The van der Waals surface area contributed by atoms with Crippen LogP contribution in [0.2, 0.25) is 0 Å². The molecule has 0 aliphatic heterocycles. The fraction of sp³-hybridized carbons (Fsp3) is 0.571. The molecule has 2 amide bonds. The molecule has 8 heteroatoms. The van der Waals surface area contributed by atoms with Crippen LogP contribution < -0.4 is 10.9 Å². The first-order chi connectivity index (χ1) is 13.6. The van der Waals surface area contributed by atoms with Crippen molar-refractivity contribution < 1.29 is 14.0 Å². The van der Waals surface area contributed by atoms with Gasteiger partial charge in [-0.15, -0.1) is 0 Å². The number of carbonyl (C=O) groups excluding carboxylic acids is 2. The van der Waals surface area contributed by atoms with Crippen molar-refractivity contribution in [3.05, 3.63) is 41.1 Å². The van der Waals surface area contributed by atoms with E-state index in [0.717, 1.165) is 18.8 Å². The Balaban J connectivity index is 2.02. The number of rotatable bonds is 7. The van der Waals surface area contributed by atoms with Crippen molar-refractivity contribution >= 4 is 11.8 Å². The topological polar surface area (TPSA) is 92.4 Å². The summed E-state index contributed by atoms with van der Waals surface area (Å²) in [6, 6.07) is 5.13. The van der Waals surface area contributed by atoms with Gasteiger partial charge in [0.25, 0.3) is 5.91 Å². The van der Waals surface area contributed by atoms with Gasteiger partial charge in [0.2, 0.25) is 0 Å². The van der Waals surface area contributed by atoms with Gasteiger partial charge in [0.15, 0.2) is 11.5 Å². The predicted octanol–water partition coefficient (Wildman–Crippen LogP) is 3.27. The number of amides is 2. The molecule has 0 fully saturated rings. The Labute approximate surface area is 172 Å². The summed E-state index contributed by atoms with van der Waals surface area (Å²) in [5.41, 5.74) is 5.77. The van der Waals surface area contributed by atoms with Gasteiger partial charge in [0.05, 0.1) is 12.1 Å². The molecule has 2 rings (SSSR count). The molecule has 2 aromatic heterocycles. The summed E-state index contributed by atoms with van der Waals surface area (Å²) in [6.07, 6.45) is 0. The molecular weight excluding hydrogens is 370 g/mol. The van der Waals surface area contributed by atoms with Gasteiger partial charge in [-0.1, -0.05) is 27.7 Å². The van der Waals surface area contributed by atoms with Crippen LogP contribution in [0.4, 0.5) is 0 Å². The van der Waals surface area contributed by atoms with Crippen LogP contribution in [0.3, 0.4) is 0 Å². The van der Waals surface area contributed by atoms with E-state index in [9.17, 15) is 9.59 Å². The largest absolute Gasteiger partial charge is 0.454 e. The molecule has 0 saturated heterocycles. The molecule has 29 heavy (non-hydrogen) atoms. The van der Waals surface area contributed by atoms with Gasteiger partial charge in [-0.2, -0.15) is 5.10 Å². The molecule has 160 valence electrons. The van der Waals surface area contributed by atoms with E-state index in [1.807, 2.05) is 25.5 Å². The van der Waals surface area contributed by atoms with E-state index in [1.54, 1.807) is 18.2 Å². The normalized spacial score (nSPS) is 11.9. The van der Waals surface area contributed by atoms with Gasteiger partial charge < -0.3 is 4.42 Å². The highest BCUT2D eigenvalue weighted by molar-refractivity contribution is 5.97. The van der Waals surface area contributed by atoms with E-state index < -0.39 is 11.8 Å². The van der Waals surface area contributed by atoms with Crippen molar-refractivity contribution in [2.45, 2.75) is 66.5 Å². The molecule has 2 aromatic rings. The van der Waals surface area contributed by atoms with Crippen LogP contribution in [0.1, 0.15) is 86.9 Å². The number of furan rings is 1. The second kappa shape index (κ2) is 9.26. The van der Waals surface area contributed by atoms with Crippen LogP contribution >= 0.6 is 0 Å². The van der Waals surface area contributed by atoms with Crippen LogP contribution in [0, 0.1) is 0 Å². The molecular formula is C21H33N5O3. The van der Waals surface area contributed by atoms with E-state index in [-0.39, 0.29) is 22.9 Å². The number of aromatic nitrogens is 2. The Bertz CT molecular complexity index is 841. The summed E-state index contributed by atoms with van der Waals surface area (Å²) < 4.78 is 7.44. The first kappa shape index (κ1) is 22.7. The van der Waals surface area contributed by atoms with Crippen molar-refractivity contribution in [3.63, 3.8) is 0 Å². The smallest absolute Gasteiger partial charge is 0.305 e. The Kier molecular flexibility index (Phi) is 7.24. The SMILES string of the molecule is CCN(CC)Cc1ccc(C(=O)NNC(=O)c2cc(C(C)C)n(C(C)(C)C)n2)o1. The summed E-state index contributed by atoms with van der Waals surface area (Å²) in [4.78, 5) is 27.0. The minimum atomic E-state index is -0.511. The zero-order valence-corrected chi connectivity index (χ0v) is 18.5. The Morgan fingerprint density at radius 3 is 2.28 bits per heavy atom. The lowest BCUT2D eigenvalue weighted by molar-refractivity contribution is 0.0825. The van der Waals surface area contributed by atoms with Gasteiger partial charge in [0, 0.05) is 5.69 Å². The average Bonchev–Trinajstić information content (AvgIpc) is 3.30. The third kappa shape index (κ3) is 5.69. The third-order valence-electron chi connectivity index (χ3n) is 4.65. The van der Waals surface area contributed by atoms with Gasteiger partial charge >= 0.3 is 5.91 Å². The first-order valence-corrected chi connectivity index (χ1v) is 10.1. The lowest BCUT2D eigenvalue weighted by Crippen LogP contribution is -2.41. The van der Waals surface area contributed by atoms with E-state index >= 15 is 0 Å². The van der Waals surface area contributed by atoms with Crippen molar-refractivity contribution in [1.29, 1.82) is 0 Å². The monoisotopic (exact) mass is 403 g/mol. The minimum absolute atomic E-state index is 0.149. The van der Waals surface area contributed by atoms with Gasteiger partial charge in [0.1, 0.15) is 5.76 Å². The van der Waals surface area contributed by atoms with Crippen LogP contribution in [0.5, 0.6) is 0 Å². The molecule has 0 bridgehead atoms. The lowest BCUT2D eigenvalue weighted by Gasteiger charge is -2.23. The molecule has 0 spiro atoms. The van der Waals surface area contributed by atoms with Crippen LogP contribution in [0.25, 0.3) is 0 Å². The fourth-order valence-corrected chi connectivity index (χ4v) is 2.95. The van der Waals surface area contributed by atoms with Crippen molar-refractivity contribution in [2.75, 3.05) is 13.1 Å². The highest BCUT2D eigenvalue weighted by atomic mass is 16.4. The number of carbonyl (C=O) groups is 2. The van der Waals surface area contributed by atoms with E-state index in [2.05, 4.69) is 48.5 Å². The molecule has 0 aliphatic rings. The summed E-state index contributed by atoms with van der Waals surface area (Å²) in [6.45, 7) is 16.8. The molecule has 0 atom stereocenters. The maximum absolute atomic E-state index is 12.5.